The van der Waals surface area contributed by atoms with E-state index in [9.17, 15) is 5.11 Å². The van der Waals surface area contributed by atoms with E-state index in [-0.39, 0.29) is 27.8 Å². The van der Waals surface area contributed by atoms with Gasteiger partial charge in [0.2, 0.25) is 0 Å². The Labute approximate surface area is 189 Å². The molecule has 0 radical (unpaired) electrons. The number of aliphatic hydroxyl groups is 2. The normalized spacial score (nSPS) is 19.9. The third-order valence-electron chi connectivity index (χ3n) is 5.78. The molecule has 0 amide bonds. The van der Waals surface area contributed by atoms with E-state index in [1.165, 1.54) is 37.7 Å². The number of benzene rings is 2. The van der Waals surface area contributed by atoms with Crippen molar-refractivity contribution >= 4 is 0 Å². The van der Waals surface area contributed by atoms with Gasteiger partial charge < -0.3 is 15.5 Å². The fourth-order valence-corrected chi connectivity index (χ4v) is 4.34. The molecule has 4 rings (SSSR count). The molecular formula is C24H33N2O2W-. The van der Waals surface area contributed by atoms with Crippen LogP contribution >= 0.6 is 0 Å². The van der Waals surface area contributed by atoms with Gasteiger partial charge >= 0.3 is 0 Å². The standard InChI is InChI=1S/C15H20N.C9H13NO2.W/c1-2-7-13(8-3-1)15-14-9-5-4-6-12(14)10-11-16-15;11-7-10-9(12)6-8-4-2-1-3-5-8;/h4-6,9,13,15H,1-3,7-8,10-11H2;1-5,9-12H,6-7H2;/q-1;;/t;9-;/m.0./s1. The first kappa shape index (κ1) is 24.2. The quantitative estimate of drug-likeness (QED) is 0.474. The first-order valence-corrected chi connectivity index (χ1v) is 10.6. The van der Waals surface area contributed by atoms with E-state index in [2.05, 4.69) is 29.6 Å². The number of hydrogen-bond acceptors (Lipinski definition) is 3. The molecule has 0 aromatic heterocycles. The molecule has 158 valence electrons. The van der Waals surface area contributed by atoms with Gasteiger partial charge in [-0.05, 0) is 17.5 Å². The molecule has 0 bridgehead atoms. The summed E-state index contributed by atoms with van der Waals surface area (Å²) in [5, 5.41) is 25.1. The first-order chi connectivity index (χ1) is 13.8. The van der Waals surface area contributed by atoms with Crippen LogP contribution in [0.15, 0.2) is 54.6 Å². The Hall–Kier alpha value is -1.03. The van der Waals surface area contributed by atoms with Crippen molar-refractivity contribution in [2.24, 2.45) is 5.92 Å². The summed E-state index contributed by atoms with van der Waals surface area (Å²) in [5.74, 6) is 0.829. The van der Waals surface area contributed by atoms with Gasteiger partial charge in [0, 0.05) is 27.5 Å². The van der Waals surface area contributed by atoms with Gasteiger partial charge in [-0.2, -0.15) is 0 Å². The Morgan fingerprint density at radius 1 is 0.966 bits per heavy atom. The number of fused-ring (bicyclic) bond motifs is 1. The summed E-state index contributed by atoms with van der Waals surface area (Å²) in [5.41, 5.74) is 4.12. The number of nitrogens with zero attached hydrogens (tertiary/aromatic N) is 1. The molecule has 29 heavy (non-hydrogen) atoms. The largest absolute Gasteiger partial charge is 0.655 e. The third kappa shape index (κ3) is 7.62. The van der Waals surface area contributed by atoms with Crippen LogP contribution < -0.4 is 5.32 Å². The van der Waals surface area contributed by atoms with E-state index in [4.69, 9.17) is 10.4 Å². The van der Waals surface area contributed by atoms with Crippen molar-refractivity contribution in [2.75, 3.05) is 13.3 Å². The molecule has 2 aromatic rings. The molecule has 0 spiro atoms. The van der Waals surface area contributed by atoms with Crippen molar-refractivity contribution in [3.8, 4) is 0 Å². The molecule has 4 nitrogen and oxygen atoms in total. The van der Waals surface area contributed by atoms with Crippen molar-refractivity contribution in [3.05, 3.63) is 76.6 Å². The number of aliphatic hydroxyl groups excluding tert-OH is 2. The van der Waals surface area contributed by atoms with Gasteiger partial charge in [-0.15, -0.1) is 12.6 Å². The molecule has 1 unspecified atom stereocenters. The molecule has 1 saturated carbocycles. The minimum Gasteiger partial charge on any atom is -0.655 e. The van der Waals surface area contributed by atoms with E-state index < -0.39 is 6.23 Å². The van der Waals surface area contributed by atoms with Crippen LogP contribution in [0.2, 0.25) is 0 Å². The SMILES string of the molecule is OCN[C@@H](O)Cc1ccccc1.[W].c1ccc2c(c1)CC[N-]C2C1CCCCC1. The summed E-state index contributed by atoms with van der Waals surface area (Å²) < 4.78 is 0. The maximum atomic E-state index is 9.23. The van der Waals surface area contributed by atoms with Gasteiger partial charge in [0.15, 0.2) is 0 Å². The van der Waals surface area contributed by atoms with Crippen LogP contribution in [-0.2, 0) is 33.9 Å². The molecule has 1 aliphatic carbocycles. The molecule has 1 fully saturated rings. The van der Waals surface area contributed by atoms with Gasteiger partial charge in [-0.1, -0.05) is 98.2 Å². The minimum atomic E-state index is -0.669. The van der Waals surface area contributed by atoms with Gasteiger partial charge in [0.05, 0.1) is 6.73 Å². The Kier molecular flexibility index (Phi) is 11.1. The van der Waals surface area contributed by atoms with Gasteiger partial charge in [-0.3, -0.25) is 5.32 Å². The molecule has 3 N–H and O–H groups in total. The van der Waals surface area contributed by atoms with Crippen LogP contribution in [0.25, 0.3) is 5.32 Å². The maximum absolute atomic E-state index is 9.23. The van der Waals surface area contributed by atoms with Crippen molar-refractivity contribution in [2.45, 2.75) is 57.2 Å². The fourth-order valence-electron chi connectivity index (χ4n) is 4.34. The van der Waals surface area contributed by atoms with Crippen molar-refractivity contribution in [1.29, 1.82) is 0 Å². The molecule has 2 aromatic carbocycles. The summed E-state index contributed by atoms with van der Waals surface area (Å²) in [6.07, 6.45) is 8.05. The zero-order valence-electron chi connectivity index (χ0n) is 17.0. The second-order valence-electron chi connectivity index (χ2n) is 7.77. The summed E-state index contributed by atoms with van der Waals surface area (Å²) >= 11 is 0. The van der Waals surface area contributed by atoms with E-state index in [1.807, 2.05) is 30.3 Å². The Morgan fingerprint density at radius 3 is 2.38 bits per heavy atom. The van der Waals surface area contributed by atoms with E-state index in [0.717, 1.165) is 24.4 Å². The zero-order valence-corrected chi connectivity index (χ0v) is 20.0. The summed E-state index contributed by atoms with van der Waals surface area (Å²) in [7, 11) is 0. The molecule has 1 heterocycles. The van der Waals surface area contributed by atoms with E-state index in [0.29, 0.717) is 12.5 Å². The van der Waals surface area contributed by atoms with Crippen molar-refractivity contribution in [3.63, 3.8) is 0 Å². The Balaban J connectivity index is 0.000000209. The van der Waals surface area contributed by atoms with Gasteiger partial charge in [0.25, 0.3) is 0 Å². The molecular weight excluding hydrogens is 532 g/mol. The summed E-state index contributed by atoms with van der Waals surface area (Å²) in [4.78, 5) is 0. The van der Waals surface area contributed by atoms with Crippen LogP contribution in [0, 0.1) is 5.92 Å². The predicted molar refractivity (Wildman–Crippen MR) is 114 cm³/mol. The molecule has 2 atom stereocenters. The fraction of sp³-hybridized carbons (Fsp3) is 0.500. The van der Waals surface area contributed by atoms with Crippen molar-refractivity contribution < 1.29 is 31.3 Å². The average Bonchev–Trinajstić information content (AvgIpc) is 2.75. The smallest absolute Gasteiger partial charge is 0.110 e. The number of rotatable bonds is 5. The second-order valence-corrected chi connectivity index (χ2v) is 7.77. The van der Waals surface area contributed by atoms with Crippen LogP contribution in [0.3, 0.4) is 0 Å². The topological polar surface area (TPSA) is 66.6 Å². The molecule has 1 aliphatic heterocycles. The van der Waals surface area contributed by atoms with Crippen LogP contribution in [0.1, 0.15) is 54.8 Å². The Morgan fingerprint density at radius 2 is 1.66 bits per heavy atom. The summed E-state index contributed by atoms with van der Waals surface area (Å²) in [6.45, 7) is 0.839. The van der Waals surface area contributed by atoms with E-state index in [1.54, 1.807) is 5.56 Å². The van der Waals surface area contributed by atoms with Crippen molar-refractivity contribution in [1.82, 2.24) is 5.32 Å². The van der Waals surface area contributed by atoms with E-state index >= 15 is 0 Å². The number of nitrogens with one attached hydrogen (secondary N) is 1. The van der Waals surface area contributed by atoms with Crippen LogP contribution in [0.4, 0.5) is 0 Å². The number of hydrogen-bond donors (Lipinski definition) is 3. The first-order valence-electron chi connectivity index (χ1n) is 10.6. The zero-order chi connectivity index (χ0) is 19.6. The van der Waals surface area contributed by atoms with Crippen LogP contribution in [0.5, 0.6) is 0 Å². The Bertz CT molecular complexity index is 692. The van der Waals surface area contributed by atoms with Gasteiger partial charge in [0.1, 0.15) is 6.23 Å². The predicted octanol–water partition coefficient (Wildman–Crippen LogP) is 4.32. The molecule has 2 aliphatic rings. The minimum absolute atomic E-state index is 0. The molecule has 0 saturated heterocycles. The monoisotopic (exact) mass is 565 g/mol. The molecule has 5 heteroatoms. The maximum Gasteiger partial charge on any atom is 0.110 e. The summed E-state index contributed by atoms with van der Waals surface area (Å²) in [6, 6.07) is 19.1. The van der Waals surface area contributed by atoms with Gasteiger partial charge in [-0.25, -0.2) is 0 Å². The third-order valence-corrected chi connectivity index (χ3v) is 5.78. The van der Waals surface area contributed by atoms with Crippen LogP contribution in [-0.4, -0.2) is 29.7 Å². The second kappa shape index (κ2) is 13.3. The average molecular weight is 565 g/mol.